The van der Waals surface area contributed by atoms with Gasteiger partial charge in [0.2, 0.25) is 0 Å². The van der Waals surface area contributed by atoms with E-state index in [0.29, 0.717) is 18.5 Å². The SMILES string of the molecule is CCNC(=NCCCN1C(=O)COc2ccccc21)N1CCC(C)(C)C1.I. The van der Waals surface area contributed by atoms with E-state index in [-0.39, 0.29) is 36.5 Å². The van der Waals surface area contributed by atoms with Crippen molar-refractivity contribution >= 4 is 41.5 Å². The van der Waals surface area contributed by atoms with Gasteiger partial charge in [-0.1, -0.05) is 26.0 Å². The van der Waals surface area contributed by atoms with Gasteiger partial charge in [-0.25, -0.2) is 0 Å². The number of hydrogen-bond acceptors (Lipinski definition) is 3. The minimum atomic E-state index is 0. The van der Waals surface area contributed by atoms with Crippen LogP contribution < -0.4 is 15.0 Å². The van der Waals surface area contributed by atoms with Crippen molar-refractivity contribution < 1.29 is 9.53 Å². The number of carbonyl (C=O) groups excluding carboxylic acids is 1. The van der Waals surface area contributed by atoms with Gasteiger partial charge in [0.15, 0.2) is 12.6 Å². The van der Waals surface area contributed by atoms with Crippen molar-refractivity contribution in [1.29, 1.82) is 0 Å². The van der Waals surface area contributed by atoms with Crippen LogP contribution >= 0.6 is 24.0 Å². The molecule has 0 spiro atoms. The van der Waals surface area contributed by atoms with Crippen molar-refractivity contribution in [3.8, 4) is 5.75 Å². The van der Waals surface area contributed by atoms with Crippen molar-refractivity contribution in [3.05, 3.63) is 24.3 Å². The lowest BCUT2D eigenvalue weighted by Crippen LogP contribution is -2.41. The van der Waals surface area contributed by atoms with Crippen molar-refractivity contribution in [1.82, 2.24) is 10.2 Å². The molecule has 3 rings (SSSR count). The lowest BCUT2D eigenvalue weighted by atomic mass is 9.93. The van der Waals surface area contributed by atoms with E-state index in [1.54, 1.807) is 0 Å². The summed E-state index contributed by atoms with van der Waals surface area (Å²) in [5.74, 6) is 1.79. The summed E-state index contributed by atoms with van der Waals surface area (Å²) in [6, 6.07) is 7.71. The molecule has 6 nitrogen and oxygen atoms in total. The molecule has 0 saturated carbocycles. The number of fused-ring (bicyclic) bond motifs is 1. The average Bonchev–Trinajstić information content (AvgIpc) is 2.99. The highest BCUT2D eigenvalue weighted by atomic mass is 127. The Kier molecular flexibility index (Phi) is 7.76. The minimum Gasteiger partial charge on any atom is -0.482 e. The van der Waals surface area contributed by atoms with Crippen molar-refractivity contribution in [3.63, 3.8) is 0 Å². The van der Waals surface area contributed by atoms with Crippen LogP contribution in [0.15, 0.2) is 29.3 Å². The smallest absolute Gasteiger partial charge is 0.265 e. The number of rotatable bonds is 5. The maximum absolute atomic E-state index is 12.2. The Labute approximate surface area is 179 Å². The number of likely N-dealkylation sites (tertiary alicyclic amines) is 1. The zero-order valence-corrected chi connectivity index (χ0v) is 18.9. The van der Waals surface area contributed by atoms with E-state index < -0.39 is 0 Å². The van der Waals surface area contributed by atoms with Gasteiger partial charge in [0.1, 0.15) is 5.75 Å². The number of guanidine groups is 1. The fourth-order valence-corrected chi connectivity index (χ4v) is 3.53. The molecule has 150 valence electrons. The summed E-state index contributed by atoms with van der Waals surface area (Å²) >= 11 is 0. The van der Waals surface area contributed by atoms with E-state index in [1.807, 2.05) is 29.2 Å². The normalized spacial score (nSPS) is 18.6. The molecule has 1 aromatic carbocycles. The van der Waals surface area contributed by atoms with Crippen LogP contribution in [0, 0.1) is 5.41 Å². The van der Waals surface area contributed by atoms with E-state index in [0.717, 1.165) is 43.5 Å². The van der Waals surface area contributed by atoms with E-state index in [2.05, 4.69) is 31.0 Å². The van der Waals surface area contributed by atoms with Gasteiger partial charge in [0.05, 0.1) is 5.69 Å². The monoisotopic (exact) mass is 486 g/mol. The second-order valence-corrected chi connectivity index (χ2v) is 7.73. The first-order valence-corrected chi connectivity index (χ1v) is 9.55. The lowest BCUT2D eigenvalue weighted by Gasteiger charge is -2.29. The van der Waals surface area contributed by atoms with Crippen LogP contribution in [0.25, 0.3) is 0 Å². The number of anilines is 1. The van der Waals surface area contributed by atoms with Crippen molar-refractivity contribution in [2.75, 3.05) is 44.2 Å². The Bertz CT molecular complexity index is 678. The highest BCUT2D eigenvalue weighted by Crippen LogP contribution is 2.31. The number of benzene rings is 1. The third-order valence-corrected chi connectivity index (χ3v) is 4.92. The maximum atomic E-state index is 12.2. The van der Waals surface area contributed by atoms with Crippen LogP contribution in [0.3, 0.4) is 0 Å². The summed E-state index contributed by atoms with van der Waals surface area (Å²) in [6.45, 7) is 11.1. The number of hydrogen-bond donors (Lipinski definition) is 1. The predicted octanol–water partition coefficient (Wildman–Crippen LogP) is 3.12. The first-order chi connectivity index (χ1) is 12.5. The van der Waals surface area contributed by atoms with Gasteiger partial charge in [-0.2, -0.15) is 0 Å². The molecule has 1 aromatic rings. The zero-order chi connectivity index (χ0) is 18.6. The third kappa shape index (κ3) is 5.49. The molecule has 1 amide bonds. The fourth-order valence-electron chi connectivity index (χ4n) is 3.53. The molecule has 0 unspecified atom stereocenters. The number of para-hydroxylation sites is 2. The number of nitrogens with zero attached hydrogens (tertiary/aromatic N) is 3. The standard InChI is InChI=1S/C20H30N4O2.HI/c1-4-21-19(23-13-10-20(2,3)15-23)22-11-7-12-24-16-8-5-6-9-17(16)26-14-18(24)25;/h5-6,8-9H,4,7,10-15H2,1-3H3,(H,21,22);1H. The Balaban J connectivity index is 0.00000261. The largest absolute Gasteiger partial charge is 0.482 e. The molecule has 0 atom stereocenters. The number of ether oxygens (including phenoxy) is 1. The van der Waals surface area contributed by atoms with Gasteiger partial charge in [0, 0.05) is 32.7 Å². The maximum Gasteiger partial charge on any atom is 0.265 e. The van der Waals surface area contributed by atoms with Crippen LogP contribution in [-0.2, 0) is 4.79 Å². The number of halogens is 1. The minimum absolute atomic E-state index is 0. The van der Waals surface area contributed by atoms with Gasteiger partial charge in [-0.3, -0.25) is 9.79 Å². The first-order valence-electron chi connectivity index (χ1n) is 9.55. The molecule has 1 N–H and O–H groups in total. The molecule has 2 heterocycles. The quantitative estimate of drug-likeness (QED) is 0.301. The zero-order valence-electron chi connectivity index (χ0n) is 16.5. The molecule has 1 saturated heterocycles. The molecule has 0 aliphatic carbocycles. The summed E-state index contributed by atoms with van der Waals surface area (Å²) in [5, 5.41) is 3.40. The topological polar surface area (TPSA) is 57.2 Å². The van der Waals surface area contributed by atoms with Gasteiger partial charge >= 0.3 is 0 Å². The van der Waals surface area contributed by atoms with Crippen molar-refractivity contribution in [2.24, 2.45) is 10.4 Å². The molecule has 2 aliphatic rings. The second kappa shape index (κ2) is 9.61. The van der Waals surface area contributed by atoms with E-state index in [1.165, 1.54) is 6.42 Å². The summed E-state index contributed by atoms with van der Waals surface area (Å²) in [6.07, 6.45) is 2.02. The molecular weight excluding hydrogens is 455 g/mol. The highest BCUT2D eigenvalue weighted by molar-refractivity contribution is 14.0. The molecule has 0 radical (unpaired) electrons. The Morgan fingerprint density at radius 1 is 1.33 bits per heavy atom. The number of nitrogens with one attached hydrogen (secondary N) is 1. The third-order valence-electron chi connectivity index (χ3n) is 4.92. The molecule has 0 bridgehead atoms. The predicted molar refractivity (Wildman–Crippen MR) is 120 cm³/mol. The van der Waals surface area contributed by atoms with Crippen LogP contribution in [0.2, 0.25) is 0 Å². The molecule has 27 heavy (non-hydrogen) atoms. The highest BCUT2D eigenvalue weighted by Gasteiger charge is 2.31. The average molecular weight is 486 g/mol. The fraction of sp³-hybridized carbons (Fsp3) is 0.600. The molecule has 0 aromatic heterocycles. The number of amides is 1. The summed E-state index contributed by atoms with van der Waals surface area (Å²) in [5.41, 5.74) is 1.21. The van der Waals surface area contributed by atoms with Crippen LogP contribution in [-0.4, -0.2) is 56.1 Å². The van der Waals surface area contributed by atoms with Gasteiger partial charge < -0.3 is 19.9 Å². The van der Waals surface area contributed by atoms with Gasteiger partial charge in [-0.05, 0) is 37.3 Å². The number of carbonyl (C=O) groups is 1. The van der Waals surface area contributed by atoms with Gasteiger partial charge in [-0.15, -0.1) is 24.0 Å². The van der Waals surface area contributed by atoms with Crippen molar-refractivity contribution in [2.45, 2.75) is 33.6 Å². The lowest BCUT2D eigenvalue weighted by molar-refractivity contribution is -0.121. The number of aliphatic imine (C=N–C) groups is 1. The first kappa shape index (κ1) is 21.8. The Morgan fingerprint density at radius 2 is 2.11 bits per heavy atom. The summed E-state index contributed by atoms with van der Waals surface area (Å²) in [7, 11) is 0. The van der Waals surface area contributed by atoms with Crippen LogP contribution in [0.1, 0.15) is 33.6 Å². The second-order valence-electron chi connectivity index (χ2n) is 7.73. The summed E-state index contributed by atoms with van der Waals surface area (Å²) < 4.78 is 5.49. The summed E-state index contributed by atoms with van der Waals surface area (Å²) in [4.78, 5) is 21.2. The van der Waals surface area contributed by atoms with E-state index >= 15 is 0 Å². The molecular formula is C20H31IN4O2. The molecule has 2 aliphatic heterocycles. The van der Waals surface area contributed by atoms with E-state index in [9.17, 15) is 4.79 Å². The molecule has 1 fully saturated rings. The van der Waals surface area contributed by atoms with E-state index in [4.69, 9.17) is 9.73 Å². The van der Waals surface area contributed by atoms with Crippen LogP contribution in [0.5, 0.6) is 5.75 Å². The Morgan fingerprint density at radius 3 is 2.81 bits per heavy atom. The van der Waals surface area contributed by atoms with Crippen LogP contribution in [0.4, 0.5) is 5.69 Å². The molecule has 7 heteroatoms. The Hall–Kier alpha value is -1.51. The van der Waals surface area contributed by atoms with Gasteiger partial charge in [0.25, 0.3) is 5.91 Å².